The third kappa shape index (κ3) is 5.41. The number of methoxy groups -OCH3 is 1. The highest BCUT2D eigenvalue weighted by Gasteiger charge is 2.31. The van der Waals surface area contributed by atoms with E-state index in [9.17, 15) is 28.2 Å². The van der Waals surface area contributed by atoms with Gasteiger partial charge in [0.15, 0.2) is 5.76 Å². The van der Waals surface area contributed by atoms with Gasteiger partial charge in [-0.25, -0.2) is 0 Å². The predicted octanol–water partition coefficient (Wildman–Crippen LogP) is 7.08. The molecule has 0 amide bonds. The number of halogens is 3. The van der Waals surface area contributed by atoms with E-state index < -0.39 is 17.2 Å². The standard InChI is InChI=1S/C27H31F3O5/c1-14(2)6-12-18-21(31)19(13-7-15(3)4)25-20(22(18)32)23(33)26(34-5)24(35-25)16-8-10-17(11-9-16)27(28,29)30/h8-11,14-15,31-32H,6-7,12-13H2,1-5H3. The van der Waals surface area contributed by atoms with Crippen LogP contribution in [0.15, 0.2) is 33.5 Å². The molecular formula is C27H31F3O5. The third-order valence-electron chi connectivity index (χ3n) is 6.06. The molecule has 2 N–H and O–H groups in total. The first-order valence-corrected chi connectivity index (χ1v) is 11.6. The number of hydrogen-bond donors (Lipinski definition) is 2. The predicted molar refractivity (Wildman–Crippen MR) is 129 cm³/mol. The van der Waals surface area contributed by atoms with Crippen molar-refractivity contribution in [1.82, 2.24) is 0 Å². The molecule has 0 saturated heterocycles. The lowest BCUT2D eigenvalue weighted by atomic mass is 9.92. The quantitative estimate of drug-likeness (QED) is 0.351. The molecule has 0 fully saturated rings. The van der Waals surface area contributed by atoms with Crippen molar-refractivity contribution in [2.45, 2.75) is 59.6 Å². The minimum absolute atomic E-state index is 0.00893. The smallest absolute Gasteiger partial charge is 0.416 e. The number of benzene rings is 2. The Morgan fingerprint density at radius 2 is 1.46 bits per heavy atom. The van der Waals surface area contributed by atoms with Gasteiger partial charge < -0.3 is 19.4 Å². The van der Waals surface area contributed by atoms with E-state index in [0.29, 0.717) is 37.2 Å². The summed E-state index contributed by atoms with van der Waals surface area (Å²) in [5.74, 6) is -0.199. The van der Waals surface area contributed by atoms with Gasteiger partial charge in [-0.3, -0.25) is 4.79 Å². The molecule has 8 heteroatoms. The van der Waals surface area contributed by atoms with Crippen molar-refractivity contribution in [2.24, 2.45) is 11.8 Å². The first-order valence-electron chi connectivity index (χ1n) is 11.6. The van der Waals surface area contributed by atoms with Crippen LogP contribution in [-0.4, -0.2) is 17.3 Å². The minimum atomic E-state index is -4.51. The van der Waals surface area contributed by atoms with Crippen molar-refractivity contribution >= 4 is 11.0 Å². The Morgan fingerprint density at radius 1 is 0.914 bits per heavy atom. The van der Waals surface area contributed by atoms with Crippen molar-refractivity contribution in [3.63, 3.8) is 0 Å². The molecule has 1 heterocycles. The third-order valence-corrected chi connectivity index (χ3v) is 6.06. The molecule has 1 aromatic heterocycles. The number of phenolic OH excluding ortho intramolecular Hbond substituents is 2. The molecular weight excluding hydrogens is 461 g/mol. The number of rotatable bonds is 8. The van der Waals surface area contributed by atoms with E-state index in [2.05, 4.69) is 0 Å². The van der Waals surface area contributed by atoms with Crippen LogP contribution in [0.2, 0.25) is 0 Å². The van der Waals surface area contributed by atoms with Crippen LogP contribution >= 0.6 is 0 Å². The van der Waals surface area contributed by atoms with Crippen LogP contribution in [-0.2, 0) is 19.0 Å². The summed E-state index contributed by atoms with van der Waals surface area (Å²) < 4.78 is 50.4. The lowest BCUT2D eigenvalue weighted by Gasteiger charge is -2.18. The second-order valence-electron chi connectivity index (χ2n) is 9.59. The number of ether oxygens (including phenoxy) is 1. The zero-order valence-corrected chi connectivity index (χ0v) is 20.5. The zero-order chi connectivity index (χ0) is 26.1. The van der Waals surface area contributed by atoms with Crippen LogP contribution in [0.1, 0.15) is 57.2 Å². The maximum atomic E-state index is 13.5. The highest BCUT2D eigenvalue weighted by molar-refractivity contribution is 5.92. The zero-order valence-electron chi connectivity index (χ0n) is 20.5. The van der Waals surface area contributed by atoms with E-state index in [1.807, 2.05) is 27.7 Å². The summed E-state index contributed by atoms with van der Waals surface area (Å²) in [4.78, 5) is 13.5. The number of hydrogen-bond acceptors (Lipinski definition) is 5. The number of aromatic hydroxyl groups is 2. The van der Waals surface area contributed by atoms with Crippen LogP contribution in [0.25, 0.3) is 22.3 Å². The fourth-order valence-corrected chi connectivity index (χ4v) is 4.02. The molecule has 0 radical (unpaired) electrons. The minimum Gasteiger partial charge on any atom is -0.507 e. The van der Waals surface area contributed by atoms with E-state index in [1.165, 1.54) is 19.2 Å². The average Bonchev–Trinajstić information content (AvgIpc) is 2.77. The van der Waals surface area contributed by atoms with Gasteiger partial charge in [-0.2, -0.15) is 13.2 Å². The largest absolute Gasteiger partial charge is 0.507 e. The van der Waals surface area contributed by atoms with Gasteiger partial charge in [0.05, 0.1) is 12.7 Å². The summed E-state index contributed by atoms with van der Waals surface area (Å²) in [5.41, 5.74) is -0.621. The Hall–Kier alpha value is -3.16. The van der Waals surface area contributed by atoms with Gasteiger partial charge in [0.2, 0.25) is 11.2 Å². The topological polar surface area (TPSA) is 79.9 Å². The normalized spacial score (nSPS) is 12.2. The molecule has 0 aliphatic rings. The SMILES string of the molecule is COc1c(-c2ccc(C(F)(F)F)cc2)oc2c(CCC(C)C)c(O)c(CCC(C)C)c(O)c2c1=O. The molecule has 0 saturated carbocycles. The molecule has 5 nitrogen and oxygen atoms in total. The van der Waals surface area contributed by atoms with Crippen LogP contribution in [0, 0.1) is 11.8 Å². The Kier molecular flexibility index (Phi) is 7.72. The first kappa shape index (κ1) is 26.4. The summed E-state index contributed by atoms with van der Waals surface area (Å²) >= 11 is 0. The highest BCUT2D eigenvalue weighted by Crippen LogP contribution is 2.43. The van der Waals surface area contributed by atoms with Crippen molar-refractivity contribution in [2.75, 3.05) is 7.11 Å². The molecule has 0 atom stereocenters. The van der Waals surface area contributed by atoms with Gasteiger partial charge >= 0.3 is 6.18 Å². The lowest BCUT2D eigenvalue weighted by molar-refractivity contribution is -0.137. The molecule has 0 unspecified atom stereocenters. The number of alkyl halides is 3. The maximum absolute atomic E-state index is 13.5. The molecule has 0 spiro atoms. The maximum Gasteiger partial charge on any atom is 0.416 e. The molecule has 3 rings (SSSR count). The van der Waals surface area contributed by atoms with E-state index in [0.717, 1.165) is 12.1 Å². The Balaban J connectivity index is 2.33. The fraction of sp³-hybridized carbons (Fsp3) is 0.444. The molecule has 0 bridgehead atoms. The van der Waals surface area contributed by atoms with Crippen LogP contribution in [0.3, 0.4) is 0 Å². The Bertz CT molecular complexity index is 1260. The molecule has 190 valence electrons. The van der Waals surface area contributed by atoms with Crippen molar-refractivity contribution in [1.29, 1.82) is 0 Å². The lowest BCUT2D eigenvalue weighted by Crippen LogP contribution is -2.11. The van der Waals surface area contributed by atoms with E-state index >= 15 is 0 Å². The summed E-state index contributed by atoms with van der Waals surface area (Å²) in [6.07, 6.45) is -2.40. The van der Waals surface area contributed by atoms with Crippen LogP contribution in [0.4, 0.5) is 13.2 Å². The highest BCUT2D eigenvalue weighted by atomic mass is 19.4. The van der Waals surface area contributed by atoms with E-state index in [4.69, 9.17) is 9.15 Å². The number of aryl methyl sites for hydroxylation is 1. The fourth-order valence-electron chi connectivity index (χ4n) is 4.02. The van der Waals surface area contributed by atoms with Gasteiger partial charge in [0, 0.05) is 16.7 Å². The number of phenols is 2. The summed E-state index contributed by atoms with van der Waals surface area (Å²) in [5, 5.41) is 22.0. The molecule has 2 aromatic carbocycles. The van der Waals surface area contributed by atoms with Crippen LogP contribution < -0.4 is 10.2 Å². The summed E-state index contributed by atoms with van der Waals surface area (Å²) in [6.45, 7) is 8.07. The van der Waals surface area contributed by atoms with Gasteiger partial charge in [-0.05, 0) is 49.7 Å². The Morgan fingerprint density at radius 3 is 1.94 bits per heavy atom. The molecule has 35 heavy (non-hydrogen) atoms. The summed E-state index contributed by atoms with van der Waals surface area (Å²) in [7, 11) is 1.25. The van der Waals surface area contributed by atoms with E-state index in [-0.39, 0.29) is 51.0 Å². The molecule has 0 aliphatic carbocycles. The van der Waals surface area contributed by atoms with Gasteiger partial charge in [-0.15, -0.1) is 0 Å². The average molecular weight is 493 g/mol. The molecule has 0 aliphatic heterocycles. The van der Waals surface area contributed by atoms with Gasteiger partial charge in [-0.1, -0.05) is 39.8 Å². The van der Waals surface area contributed by atoms with Gasteiger partial charge in [0.1, 0.15) is 22.5 Å². The monoisotopic (exact) mass is 492 g/mol. The Labute approximate surface area is 202 Å². The van der Waals surface area contributed by atoms with Crippen LogP contribution in [0.5, 0.6) is 17.2 Å². The van der Waals surface area contributed by atoms with Crippen molar-refractivity contribution < 1.29 is 32.5 Å². The van der Waals surface area contributed by atoms with Crippen molar-refractivity contribution in [3.05, 3.63) is 51.2 Å². The van der Waals surface area contributed by atoms with Crippen molar-refractivity contribution in [3.8, 4) is 28.6 Å². The molecule has 3 aromatic rings. The van der Waals surface area contributed by atoms with E-state index in [1.54, 1.807) is 0 Å². The second kappa shape index (κ2) is 10.2. The van der Waals surface area contributed by atoms with Gasteiger partial charge in [0.25, 0.3) is 0 Å². The number of fused-ring (bicyclic) bond motifs is 1. The second-order valence-corrected chi connectivity index (χ2v) is 9.59. The first-order chi connectivity index (χ1) is 16.4. The summed E-state index contributed by atoms with van der Waals surface area (Å²) in [6, 6.07) is 4.17.